The lowest BCUT2D eigenvalue weighted by Gasteiger charge is -2.28. The van der Waals surface area contributed by atoms with Crippen molar-refractivity contribution in [1.82, 2.24) is 20.3 Å². The number of aromatic nitrogens is 3. The Morgan fingerprint density at radius 1 is 1.44 bits per heavy atom. The maximum Gasteiger partial charge on any atom is 0.0964 e. The number of hydrogen-bond donors (Lipinski definition) is 2. The Labute approximate surface area is 109 Å². The molecule has 0 bridgehead atoms. The van der Waals surface area contributed by atoms with E-state index in [0.29, 0.717) is 12.6 Å². The van der Waals surface area contributed by atoms with E-state index >= 15 is 0 Å². The molecule has 5 heteroatoms. The van der Waals surface area contributed by atoms with Crippen LogP contribution in [0.1, 0.15) is 44.7 Å². The standard InChI is InChI=1S/C13H24N4O/c1-11(12-5-3-2-4-6-12)14-9-13-10-17(7-8-18)16-15-13/h10-12,14,18H,2-9H2,1H3. The van der Waals surface area contributed by atoms with Gasteiger partial charge in [0.2, 0.25) is 0 Å². The largest absolute Gasteiger partial charge is 0.394 e. The van der Waals surface area contributed by atoms with Crippen molar-refractivity contribution in [2.45, 2.75) is 58.2 Å². The van der Waals surface area contributed by atoms with Gasteiger partial charge in [-0.1, -0.05) is 24.5 Å². The summed E-state index contributed by atoms with van der Waals surface area (Å²) in [6.45, 7) is 3.66. The summed E-state index contributed by atoms with van der Waals surface area (Å²) in [6.07, 6.45) is 8.76. The second kappa shape index (κ2) is 6.85. The number of nitrogens with one attached hydrogen (secondary N) is 1. The number of rotatable bonds is 6. The minimum Gasteiger partial charge on any atom is -0.394 e. The molecule has 1 aliphatic carbocycles. The normalized spacial score (nSPS) is 19.0. The van der Waals surface area contributed by atoms with Gasteiger partial charge in [-0.15, -0.1) is 5.10 Å². The van der Waals surface area contributed by atoms with E-state index in [1.54, 1.807) is 4.68 Å². The molecule has 0 amide bonds. The lowest BCUT2D eigenvalue weighted by Crippen LogP contribution is -2.34. The first kappa shape index (κ1) is 13.5. The quantitative estimate of drug-likeness (QED) is 0.801. The zero-order valence-corrected chi connectivity index (χ0v) is 11.2. The molecule has 0 aliphatic heterocycles. The molecule has 2 N–H and O–H groups in total. The van der Waals surface area contributed by atoms with Crippen molar-refractivity contribution in [1.29, 1.82) is 0 Å². The Balaban J connectivity index is 1.75. The highest BCUT2D eigenvalue weighted by molar-refractivity contribution is 4.92. The van der Waals surface area contributed by atoms with Crippen LogP contribution in [-0.4, -0.2) is 32.7 Å². The molecule has 1 aromatic rings. The highest BCUT2D eigenvalue weighted by Gasteiger charge is 2.19. The molecule has 1 saturated carbocycles. The Bertz CT molecular complexity index is 347. The van der Waals surface area contributed by atoms with Crippen molar-refractivity contribution in [2.24, 2.45) is 5.92 Å². The van der Waals surface area contributed by atoms with E-state index in [1.165, 1.54) is 32.1 Å². The van der Waals surface area contributed by atoms with Gasteiger partial charge in [0.05, 0.1) is 18.8 Å². The maximum atomic E-state index is 8.81. The van der Waals surface area contributed by atoms with Gasteiger partial charge in [-0.05, 0) is 25.7 Å². The molecule has 1 atom stereocenters. The second-order valence-corrected chi connectivity index (χ2v) is 5.26. The fourth-order valence-electron chi connectivity index (χ4n) is 2.70. The smallest absolute Gasteiger partial charge is 0.0964 e. The molecule has 0 aromatic carbocycles. The van der Waals surface area contributed by atoms with E-state index in [1.807, 2.05) is 6.20 Å². The molecule has 2 rings (SSSR count). The summed E-state index contributed by atoms with van der Waals surface area (Å²) >= 11 is 0. The molecule has 1 aliphatic rings. The summed E-state index contributed by atoms with van der Waals surface area (Å²) in [5.41, 5.74) is 0.950. The van der Waals surface area contributed by atoms with Crippen molar-refractivity contribution in [2.75, 3.05) is 6.61 Å². The van der Waals surface area contributed by atoms with Gasteiger partial charge < -0.3 is 10.4 Å². The van der Waals surface area contributed by atoms with Crippen LogP contribution in [0.4, 0.5) is 0 Å². The molecule has 0 saturated heterocycles. The first-order valence-electron chi connectivity index (χ1n) is 7.03. The fraction of sp³-hybridized carbons (Fsp3) is 0.846. The van der Waals surface area contributed by atoms with E-state index in [2.05, 4.69) is 22.6 Å². The van der Waals surface area contributed by atoms with Crippen LogP contribution < -0.4 is 5.32 Å². The van der Waals surface area contributed by atoms with Crippen LogP contribution in [0.15, 0.2) is 6.20 Å². The van der Waals surface area contributed by atoms with E-state index < -0.39 is 0 Å². The van der Waals surface area contributed by atoms with Crippen LogP contribution in [0, 0.1) is 5.92 Å². The summed E-state index contributed by atoms with van der Waals surface area (Å²) in [6, 6.07) is 0.549. The second-order valence-electron chi connectivity index (χ2n) is 5.26. The van der Waals surface area contributed by atoms with Crippen molar-refractivity contribution in [3.8, 4) is 0 Å². The Hall–Kier alpha value is -0.940. The molecule has 1 unspecified atom stereocenters. The van der Waals surface area contributed by atoms with E-state index in [-0.39, 0.29) is 6.61 Å². The average molecular weight is 252 g/mol. The average Bonchev–Trinajstić information content (AvgIpc) is 2.85. The molecule has 1 aromatic heterocycles. The van der Waals surface area contributed by atoms with Gasteiger partial charge in [0.15, 0.2) is 0 Å². The van der Waals surface area contributed by atoms with Gasteiger partial charge in [-0.2, -0.15) is 0 Å². The topological polar surface area (TPSA) is 63.0 Å². The third-order valence-corrected chi connectivity index (χ3v) is 3.88. The number of aliphatic hydroxyl groups is 1. The lowest BCUT2D eigenvalue weighted by molar-refractivity contribution is 0.268. The number of aliphatic hydroxyl groups excluding tert-OH is 1. The van der Waals surface area contributed by atoms with Crippen molar-refractivity contribution in [3.05, 3.63) is 11.9 Å². The van der Waals surface area contributed by atoms with E-state index in [0.717, 1.165) is 18.2 Å². The first-order chi connectivity index (χ1) is 8.79. The van der Waals surface area contributed by atoms with Gasteiger partial charge >= 0.3 is 0 Å². The molecule has 18 heavy (non-hydrogen) atoms. The predicted octanol–water partition coefficient (Wildman–Crippen LogP) is 1.33. The van der Waals surface area contributed by atoms with Gasteiger partial charge in [0.1, 0.15) is 0 Å². The molecular formula is C13H24N4O. The third-order valence-electron chi connectivity index (χ3n) is 3.88. The van der Waals surface area contributed by atoms with Crippen molar-refractivity contribution in [3.63, 3.8) is 0 Å². The zero-order valence-electron chi connectivity index (χ0n) is 11.2. The SMILES string of the molecule is CC(NCc1cn(CCO)nn1)C1CCCCC1. The van der Waals surface area contributed by atoms with E-state index in [4.69, 9.17) is 5.11 Å². The minimum atomic E-state index is 0.106. The lowest BCUT2D eigenvalue weighted by atomic mass is 9.84. The minimum absolute atomic E-state index is 0.106. The van der Waals surface area contributed by atoms with Gasteiger partial charge in [0, 0.05) is 18.8 Å². The Morgan fingerprint density at radius 3 is 2.94 bits per heavy atom. The molecule has 0 radical (unpaired) electrons. The molecule has 5 nitrogen and oxygen atoms in total. The van der Waals surface area contributed by atoms with Crippen LogP contribution in [-0.2, 0) is 13.1 Å². The number of hydrogen-bond acceptors (Lipinski definition) is 4. The summed E-state index contributed by atoms with van der Waals surface area (Å²) in [7, 11) is 0. The summed E-state index contributed by atoms with van der Waals surface area (Å²) in [4.78, 5) is 0. The summed E-state index contributed by atoms with van der Waals surface area (Å²) < 4.78 is 1.68. The van der Waals surface area contributed by atoms with Crippen LogP contribution in [0.3, 0.4) is 0 Å². The molecule has 102 valence electrons. The van der Waals surface area contributed by atoms with E-state index in [9.17, 15) is 0 Å². The molecule has 1 heterocycles. The van der Waals surface area contributed by atoms with Crippen molar-refractivity contribution < 1.29 is 5.11 Å². The van der Waals surface area contributed by atoms with Crippen LogP contribution in [0.2, 0.25) is 0 Å². The first-order valence-corrected chi connectivity index (χ1v) is 7.03. The maximum absolute atomic E-state index is 8.81. The van der Waals surface area contributed by atoms with Crippen LogP contribution >= 0.6 is 0 Å². The van der Waals surface area contributed by atoms with Crippen LogP contribution in [0.25, 0.3) is 0 Å². The Kier molecular flexibility index (Phi) is 5.13. The highest BCUT2D eigenvalue weighted by atomic mass is 16.3. The highest BCUT2D eigenvalue weighted by Crippen LogP contribution is 2.26. The van der Waals surface area contributed by atoms with Crippen LogP contribution in [0.5, 0.6) is 0 Å². The van der Waals surface area contributed by atoms with Crippen molar-refractivity contribution >= 4 is 0 Å². The summed E-state index contributed by atoms with van der Waals surface area (Å²) in [5, 5.41) is 20.4. The molecular weight excluding hydrogens is 228 g/mol. The fourth-order valence-corrected chi connectivity index (χ4v) is 2.70. The summed E-state index contributed by atoms with van der Waals surface area (Å²) in [5.74, 6) is 0.811. The molecule has 1 fully saturated rings. The monoisotopic (exact) mass is 252 g/mol. The third kappa shape index (κ3) is 3.78. The Morgan fingerprint density at radius 2 is 2.22 bits per heavy atom. The van der Waals surface area contributed by atoms with Gasteiger partial charge in [0.25, 0.3) is 0 Å². The zero-order chi connectivity index (χ0) is 12.8. The van der Waals surface area contributed by atoms with Gasteiger partial charge in [-0.25, -0.2) is 4.68 Å². The number of nitrogens with zero attached hydrogens (tertiary/aromatic N) is 3. The van der Waals surface area contributed by atoms with Gasteiger partial charge in [-0.3, -0.25) is 0 Å². The molecule has 0 spiro atoms. The predicted molar refractivity (Wildman–Crippen MR) is 70.0 cm³/mol.